The molecule has 1 aliphatic heterocycles. The molecule has 22 heavy (non-hydrogen) atoms. The van der Waals surface area contributed by atoms with Crippen molar-refractivity contribution in [3.63, 3.8) is 0 Å². The molecule has 0 spiro atoms. The van der Waals surface area contributed by atoms with E-state index in [1.165, 1.54) is 11.3 Å². The van der Waals surface area contributed by atoms with Gasteiger partial charge in [0.25, 0.3) is 5.91 Å². The van der Waals surface area contributed by atoms with Crippen LogP contribution in [0.3, 0.4) is 0 Å². The zero-order chi connectivity index (χ0) is 15.7. The average molecular weight is 316 g/mol. The van der Waals surface area contributed by atoms with Gasteiger partial charge in [-0.2, -0.15) is 0 Å². The molecule has 1 atom stereocenters. The summed E-state index contributed by atoms with van der Waals surface area (Å²) < 4.78 is 0. The van der Waals surface area contributed by atoms with Crippen molar-refractivity contribution in [2.45, 2.75) is 32.3 Å². The summed E-state index contributed by atoms with van der Waals surface area (Å²) in [5.41, 5.74) is 0.728. The standard InChI is InChI=1S/C17H20N2O2S/c1-3-14-18-12(2)15(22-14)16(20)19-10-9-17(21,11-19)13-7-5-4-6-8-13/h4-8,21H,3,9-11H2,1-2H3. The summed E-state index contributed by atoms with van der Waals surface area (Å²) in [6, 6.07) is 9.59. The Labute approximate surface area is 134 Å². The van der Waals surface area contributed by atoms with Crippen LogP contribution in [0, 0.1) is 6.92 Å². The van der Waals surface area contributed by atoms with E-state index < -0.39 is 5.60 Å². The molecule has 1 aliphatic rings. The van der Waals surface area contributed by atoms with Crippen LogP contribution in [0.5, 0.6) is 0 Å². The average Bonchev–Trinajstić information content (AvgIpc) is 3.12. The monoisotopic (exact) mass is 316 g/mol. The molecule has 1 unspecified atom stereocenters. The first-order chi connectivity index (χ1) is 10.5. The van der Waals surface area contributed by atoms with E-state index >= 15 is 0 Å². The number of aliphatic hydroxyl groups is 1. The summed E-state index contributed by atoms with van der Waals surface area (Å²) in [7, 11) is 0. The first-order valence-electron chi connectivity index (χ1n) is 7.57. The Morgan fingerprint density at radius 2 is 2.14 bits per heavy atom. The molecule has 3 rings (SSSR count). The van der Waals surface area contributed by atoms with Gasteiger partial charge in [0.2, 0.25) is 0 Å². The van der Waals surface area contributed by atoms with Gasteiger partial charge in [0, 0.05) is 6.54 Å². The number of carbonyl (C=O) groups is 1. The van der Waals surface area contributed by atoms with Crippen LogP contribution in [0.25, 0.3) is 0 Å². The number of aryl methyl sites for hydroxylation is 2. The van der Waals surface area contributed by atoms with E-state index in [0.717, 1.165) is 22.7 Å². The molecule has 0 aliphatic carbocycles. The lowest BCUT2D eigenvalue weighted by atomic mass is 9.93. The number of hydrogen-bond acceptors (Lipinski definition) is 4. The van der Waals surface area contributed by atoms with Crippen molar-refractivity contribution >= 4 is 17.2 Å². The summed E-state index contributed by atoms with van der Waals surface area (Å²) in [6.07, 6.45) is 1.41. The smallest absolute Gasteiger partial charge is 0.265 e. The van der Waals surface area contributed by atoms with Crippen LogP contribution in [0.1, 0.15) is 39.3 Å². The highest BCUT2D eigenvalue weighted by Gasteiger charge is 2.40. The molecule has 2 heterocycles. The van der Waals surface area contributed by atoms with Crippen molar-refractivity contribution in [1.82, 2.24) is 9.88 Å². The first-order valence-corrected chi connectivity index (χ1v) is 8.38. The highest BCUT2D eigenvalue weighted by Crippen LogP contribution is 2.33. The van der Waals surface area contributed by atoms with Crippen molar-refractivity contribution in [3.8, 4) is 0 Å². The van der Waals surface area contributed by atoms with Gasteiger partial charge >= 0.3 is 0 Å². The number of carbonyl (C=O) groups excluding carboxylic acids is 1. The molecule has 0 saturated carbocycles. The molecular weight excluding hydrogens is 296 g/mol. The predicted molar refractivity (Wildman–Crippen MR) is 87.1 cm³/mol. The third kappa shape index (κ3) is 2.66. The lowest BCUT2D eigenvalue weighted by Crippen LogP contribution is -2.34. The molecule has 1 aromatic carbocycles. The largest absolute Gasteiger partial charge is 0.383 e. The summed E-state index contributed by atoms with van der Waals surface area (Å²) in [4.78, 5) is 19.6. The first kappa shape index (κ1) is 15.2. The van der Waals surface area contributed by atoms with Gasteiger partial charge in [-0.05, 0) is 25.3 Å². The molecule has 4 nitrogen and oxygen atoms in total. The minimum atomic E-state index is -0.941. The second-order valence-electron chi connectivity index (χ2n) is 5.75. The number of likely N-dealkylation sites (tertiary alicyclic amines) is 1. The fraction of sp³-hybridized carbons (Fsp3) is 0.412. The Balaban J connectivity index is 1.80. The molecule has 1 amide bonds. The van der Waals surface area contributed by atoms with Gasteiger partial charge in [0.05, 0.1) is 17.2 Å². The highest BCUT2D eigenvalue weighted by atomic mass is 32.1. The zero-order valence-electron chi connectivity index (χ0n) is 12.9. The maximum atomic E-state index is 12.7. The van der Waals surface area contributed by atoms with Crippen LogP contribution in [0.4, 0.5) is 0 Å². The molecule has 1 aromatic heterocycles. The van der Waals surface area contributed by atoms with Gasteiger partial charge < -0.3 is 10.0 Å². The van der Waals surface area contributed by atoms with Gasteiger partial charge in [-0.15, -0.1) is 11.3 Å². The zero-order valence-corrected chi connectivity index (χ0v) is 13.7. The van der Waals surface area contributed by atoms with E-state index in [4.69, 9.17) is 0 Å². The molecule has 1 saturated heterocycles. The number of β-amino-alcohol motifs (C(OH)–C–C–N with tert-alkyl or cyclic N) is 1. The maximum absolute atomic E-state index is 12.7. The Hall–Kier alpha value is -1.72. The van der Waals surface area contributed by atoms with E-state index in [1.54, 1.807) is 4.90 Å². The molecular formula is C17H20N2O2S. The maximum Gasteiger partial charge on any atom is 0.265 e. The normalized spacial score (nSPS) is 21.3. The third-order valence-electron chi connectivity index (χ3n) is 4.18. The Kier molecular flexibility index (Phi) is 4.02. The minimum Gasteiger partial charge on any atom is -0.383 e. The lowest BCUT2D eigenvalue weighted by Gasteiger charge is -2.23. The van der Waals surface area contributed by atoms with Crippen LogP contribution in [0.2, 0.25) is 0 Å². The van der Waals surface area contributed by atoms with Crippen molar-refractivity contribution in [2.24, 2.45) is 0 Å². The van der Waals surface area contributed by atoms with Crippen LogP contribution in [-0.4, -0.2) is 34.0 Å². The highest BCUT2D eigenvalue weighted by molar-refractivity contribution is 7.13. The fourth-order valence-electron chi connectivity index (χ4n) is 2.90. The van der Waals surface area contributed by atoms with Crippen LogP contribution < -0.4 is 0 Å². The second kappa shape index (κ2) is 5.82. The summed E-state index contributed by atoms with van der Waals surface area (Å²) in [5, 5.41) is 11.8. The minimum absolute atomic E-state index is 0.0124. The predicted octanol–water partition coefficient (Wildman–Crippen LogP) is 2.75. The SMILES string of the molecule is CCc1nc(C)c(C(=O)N2CCC(O)(c3ccccc3)C2)s1. The van der Waals surface area contributed by atoms with Crippen molar-refractivity contribution in [3.05, 3.63) is 51.5 Å². The molecule has 1 N–H and O–H groups in total. The van der Waals surface area contributed by atoms with Gasteiger partial charge in [-0.3, -0.25) is 4.79 Å². The molecule has 5 heteroatoms. The Morgan fingerprint density at radius 1 is 1.41 bits per heavy atom. The van der Waals surface area contributed by atoms with E-state index in [9.17, 15) is 9.90 Å². The number of thiazole rings is 1. The van der Waals surface area contributed by atoms with Crippen molar-refractivity contribution in [1.29, 1.82) is 0 Å². The van der Waals surface area contributed by atoms with Gasteiger partial charge in [-0.1, -0.05) is 37.3 Å². The second-order valence-corrected chi connectivity index (χ2v) is 6.83. The Bertz CT molecular complexity index is 683. The van der Waals surface area contributed by atoms with Gasteiger partial charge in [0.15, 0.2) is 0 Å². The molecule has 1 fully saturated rings. The number of amides is 1. The summed E-state index contributed by atoms with van der Waals surface area (Å²) in [5.74, 6) is -0.0124. The van der Waals surface area contributed by atoms with Crippen LogP contribution in [-0.2, 0) is 12.0 Å². The number of benzene rings is 1. The molecule has 0 radical (unpaired) electrons. The van der Waals surface area contributed by atoms with E-state index in [1.807, 2.05) is 44.2 Å². The van der Waals surface area contributed by atoms with Crippen molar-refractivity contribution in [2.75, 3.05) is 13.1 Å². The van der Waals surface area contributed by atoms with Crippen LogP contribution in [0.15, 0.2) is 30.3 Å². The van der Waals surface area contributed by atoms with Crippen molar-refractivity contribution < 1.29 is 9.90 Å². The van der Waals surface area contributed by atoms with E-state index in [-0.39, 0.29) is 5.91 Å². The third-order valence-corrected chi connectivity index (χ3v) is 5.47. The van der Waals surface area contributed by atoms with Gasteiger partial charge in [-0.25, -0.2) is 4.98 Å². The Morgan fingerprint density at radius 3 is 2.77 bits per heavy atom. The lowest BCUT2D eigenvalue weighted by molar-refractivity contribution is 0.0418. The van der Waals surface area contributed by atoms with E-state index in [2.05, 4.69) is 4.98 Å². The topological polar surface area (TPSA) is 53.4 Å². The quantitative estimate of drug-likeness (QED) is 0.947. The molecule has 2 aromatic rings. The number of rotatable bonds is 3. The van der Waals surface area contributed by atoms with Crippen LogP contribution >= 0.6 is 11.3 Å². The van der Waals surface area contributed by atoms with E-state index in [0.29, 0.717) is 24.4 Å². The number of aromatic nitrogens is 1. The number of nitrogens with zero attached hydrogens (tertiary/aromatic N) is 2. The van der Waals surface area contributed by atoms with Gasteiger partial charge in [0.1, 0.15) is 10.5 Å². The molecule has 116 valence electrons. The fourth-order valence-corrected chi connectivity index (χ4v) is 3.87. The molecule has 0 bridgehead atoms. The number of hydrogen-bond donors (Lipinski definition) is 1. The summed E-state index contributed by atoms with van der Waals surface area (Å²) >= 11 is 1.47. The summed E-state index contributed by atoms with van der Waals surface area (Å²) in [6.45, 7) is 4.83.